The van der Waals surface area contributed by atoms with Gasteiger partial charge in [0, 0.05) is 12.1 Å². The molecule has 1 N–H and O–H groups in total. The topological polar surface area (TPSA) is 28.7 Å². The van der Waals surface area contributed by atoms with E-state index in [1.807, 2.05) is 11.8 Å². The van der Waals surface area contributed by atoms with Crippen LogP contribution in [0.5, 0.6) is 0 Å². The number of aromatic amines is 1. The molecule has 0 saturated carbocycles. The van der Waals surface area contributed by atoms with Gasteiger partial charge in [-0.3, -0.25) is 5.10 Å². The average Bonchev–Trinajstić information content (AvgIpc) is 2.59. The molecule has 1 rings (SSSR count). The van der Waals surface area contributed by atoms with Crippen molar-refractivity contribution >= 4 is 11.8 Å². The normalized spacial score (nSPS) is 12.0. The van der Waals surface area contributed by atoms with Crippen molar-refractivity contribution in [2.45, 2.75) is 40.5 Å². The highest BCUT2D eigenvalue weighted by Gasteiger charge is 2.09. The fourth-order valence-corrected chi connectivity index (χ4v) is 2.38. The van der Waals surface area contributed by atoms with Gasteiger partial charge in [0.25, 0.3) is 0 Å². The Bertz CT molecular complexity index is 286. The summed E-state index contributed by atoms with van der Waals surface area (Å²) in [6.45, 7) is 8.99. The predicted molar refractivity (Wildman–Crippen MR) is 68.4 cm³/mol. The zero-order valence-electron chi connectivity index (χ0n) is 10.3. The Morgan fingerprint density at radius 2 is 2.13 bits per heavy atom. The molecule has 0 unspecified atom stereocenters. The number of aryl methyl sites for hydroxylation is 2. The Hall–Kier alpha value is -0.440. The van der Waals surface area contributed by atoms with Crippen molar-refractivity contribution < 1.29 is 0 Å². The highest BCUT2D eigenvalue weighted by atomic mass is 32.2. The minimum Gasteiger partial charge on any atom is -0.282 e. The minimum atomic E-state index is 0.435. The quantitative estimate of drug-likeness (QED) is 0.780. The number of nitrogens with one attached hydrogen (secondary N) is 1. The molecule has 0 bridgehead atoms. The summed E-state index contributed by atoms with van der Waals surface area (Å²) in [4.78, 5) is 0. The Morgan fingerprint density at radius 1 is 1.40 bits per heavy atom. The first-order valence-corrected chi connectivity index (χ1v) is 6.77. The van der Waals surface area contributed by atoms with E-state index in [4.69, 9.17) is 0 Å². The van der Waals surface area contributed by atoms with Gasteiger partial charge in [-0.1, -0.05) is 27.7 Å². The van der Waals surface area contributed by atoms with Crippen LogP contribution < -0.4 is 0 Å². The van der Waals surface area contributed by atoms with E-state index in [-0.39, 0.29) is 0 Å². The number of hydrogen-bond acceptors (Lipinski definition) is 2. The lowest BCUT2D eigenvalue weighted by molar-refractivity contribution is 0.481. The second kappa shape index (κ2) is 5.59. The van der Waals surface area contributed by atoms with Gasteiger partial charge in [-0.2, -0.15) is 16.9 Å². The molecule has 0 atom stereocenters. The first kappa shape index (κ1) is 12.6. The van der Waals surface area contributed by atoms with Crippen molar-refractivity contribution in [2.24, 2.45) is 5.41 Å². The van der Waals surface area contributed by atoms with Gasteiger partial charge in [0.2, 0.25) is 0 Å². The Morgan fingerprint density at radius 3 is 2.67 bits per heavy atom. The van der Waals surface area contributed by atoms with Crippen molar-refractivity contribution in [1.29, 1.82) is 0 Å². The molecule has 0 fully saturated rings. The average molecular weight is 226 g/mol. The molecule has 0 radical (unpaired) electrons. The zero-order chi connectivity index (χ0) is 11.3. The van der Waals surface area contributed by atoms with E-state index in [1.54, 1.807) is 0 Å². The third-order valence-corrected chi connectivity index (χ3v) is 3.67. The van der Waals surface area contributed by atoms with Crippen LogP contribution in [-0.2, 0) is 12.8 Å². The van der Waals surface area contributed by atoms with Gasteiger partial charge in [0.05, 0.1) is 5.69 Å². The molecule has 1 aromatic heterocycles. The molecule has 86 valence electrons. The first-order chi connectivity index (χ1) is 7.01. The molecule has 0 spiro atoms. The highest BCUT2D eigenvalue weighted by Crippen LogP contribution is 2.20. The third kappa shape index (κ3) is 5.26. The Balaban J connectivity index is 2.20. The lowest BCUT2D eigenvalue weighted by Crippen LogP contribution is -2.09. The molecule has 0 aromatic carbocycles. The fraction of sp³-hybridized carbons (Fsp3) is 0.750. The Labute approximate surface area is 97.2 Å². The fourth-order valence-electron chi connectivity index (χ4n) is 1.27. The minimum absolute atomic E-state index is 0.435. The predicted octanol–water partition coefficient (Wildman–Crippen LogP) is 3.29. The number of nitrogens with zero attached hydrogens (tertiary/aromatic N) is 1. The lowest BCUT2D eigenvalue weighted by atomic mass is 10.0. The molecule has 15 heavy (non-hydrogen) atoms. The van der Waals surface area contributed by atoms with Gasteiger partial charge in [-0.05, 0) is 29.4 Å². The van der Waals surface area contributed by atoms with Crippen LogP contribution in [0.25, 0.3) is 0 Å². The molecule has 0 aliphatic rings. The molecular formula is C12H22N2S. The van der Waals surface area contributed by atoms with E-state index in [0.29, 0.717) is 5.41 Å². The number of H-pyrrole nitrogens is 1. The number of hydrogen-bond donors (Lipinski definition) is 1. The monoisotopic (exact) mass is 226 g/mol. The van der Waals surface area contributed by atoms with Crippen LogP contribution in [0.3, 0.4) is 0 Å². The molecule has 0 saturated heterocycles. The van der Waals surface area contributed by atoms with Gasteiger partial charge in [0.15, 0.2) is 0 Å². The summed E-state index contributed by atoms with van der Waals surface area (Å²) in [6.07, 6.45) is 2.12. The van der Waals surface area contributed by atoms with Crippen LogP contribution >= 0.6 is 11.8 Å². The molecule has 0 aliphatic heterocycles. The maximum atomic E-state index is 4.28. The summed E-state index contributed by atoms with van der Waals surface area (Å²) >= 11 is 2.02. The van der Waals surface area contributed by atoms with Crippen LogP contribution in [0.2, 0.25) is 0 Å². The zero-order valence-corrected chi connectivity index (χ0v) is 11.1. The summed E-state index contributed by atoms with van der Waals surface area (Å²) in [5.74, 6) is 2.39. The van der Waals surface area contributed by atoms with Crippen LogP contribution in [0.15, 0.2) is 6.07 Å². The van der Waals surface area contributed by atoms with Crippen molar-refractivity contribution in [3.8, 4) is 0 Å². The van der Waals surface area contributed by atoms with Gasteiger partial charge in [-0.25, -0.2) is 0 Å². The molecule has 1 heterocycles. The van der Waals surface area contributed by atoms with Crippen LogP contribution in [0.1, 0.15) is 39.1 Å². The van der Waals surface area contributed by atoms with E-state index < -0.39 is 0 Å². The van der Waals surface area contributed by atoms with Crippen LogP contribution in [0, 0.1) is 5.41 Å². The maximum Gasteiger partial charge on any atom is 0.0633 e. The highest BCUT2D eigenvalue weighted by molar-refractivity contribution is 7.99. The summed E-state index contributed by atoms with van der Waals surface area (Å²) in [6, 6.07) is 2.18. The molecule has 0 aliphatic carbocycles. The molecule has 1 aromatic rings. The molecule has 2 nitrogen and oxygen atoms in total. The SMILES string of the molecule is CCc1cc(CCSCC(C)(C)C)n[nH]1. The first-order valence-electron chi connectivity index (χ1n) is 5.62. The summed E-state index contributed by atoms with van der Waals surface area (Å²) in [7, 11) is 0. The van der Waals surface area contributed by atoms with Gasteiger partial charge >= 0.3 is 0 Å². The second-order valence-electron chi connectivity index (χ2n) is 5.10. The van der Waals surface area contributed by atoms with Crippen LogP contribution in [0.4, 0.5) is 0 Å². The summed E-state index contributed by atoms with van der Waals surface area (Å²) < 4.78 is 0. The van der Waals surface area contributed by atoms with Crippen molar-refractivity contribution in [2.75, 3.05) is 11.5 Å². The molecule has 3 heteroatoms. The molecule has 0 amide bonds. The summed E-state index contributed by atoms with van der Waals surface area (Å²) in [5.41, 5.74) is 2.88. The third-order valence-electron chi connectivity index (χ3n) is 2.10. The number of rotatable bonds is 5. The van der Waals surface area contributed by atoms with E-state index >= 15 is 0 Å². The van der Waals surface area contributed by atoms with E-state index in [2.05, 4.69) is 44.0 Å². The van der Waals surface area contributed by atoms with Crippen LogP contribution in [-0.4, -0.2) is 21.7 Å². The molecular weight excluding hydrogens is 204 g/mol. The Kier molecular flexibility index (Phi) is 4.71. The van der Waals surface area contributed by atoms with Gasteiger partial charge in [0.1, 0.15) is 0 Å². The van der Waals surface area contributed by atoms with Gasteiger partial charge in [-0.15, -0.1) is 0 Å². The van der Waals surface area contributed by atoms with E-state index in [9.17, 15) is 0 Å². The lowest BCUT2D eigenvalue weighted by Gasteiger charge is -2.16. The van der Waals surface area contributed by atoms with Crippen molar-refractivity contribution in [3.05, 3.63) is 17.5 Å². The maximum absolute atomic E-state index is 4.28. The van der Waals surface area contributed by atoms with Crippen molar-refractivity contribution in [1.82, 2.24) is 10.2 Å². The largest absolute Gasteiger partial charge is 0.282 e. The summed E-state index contributed by atoms with van der Waals surface area (Å²) in [5, 5.41) is 7.34. The smallest absolute Gasteiger partial charge is 0.0633 e. The number of thioether (sulfide) groups is 1. The van der Waals surface area contributed by atoms with Crippen molar-refractivity contribution in [3.63, 3.8) is 0 Å². The van der Waals surface area contributed by atoms with E-state index in [0.717, 1.165) is 12.8 Å². The standard InChI is InChI=1S/C12H22N2S/c1-5-10-8-11(14-13-10)6-7-15-9-12(2,3)4/h8H,5-7,9H2,1-4H3,(H,13,14). The second-order valence-corrected chi connectivity index (χ2v) is 6.21. The van der Waals surface area contributed by atoms with E-state index in [1.165, 1.54) is 22.9 Å². The number of aromatic nitrogens is 2. The van der Waals surface area contributed by atoms with Gasteiger partial charge < -0.3 is 0 Å².